The lowest BCUT2D eigenvalue weighted by atomic mass is 10.1. The Labute approximate surface area is 121 Å². The zero-order valence-corrected chi connectivity index (χ0v) is 12.5. The molecule has 0 radical (unpaired) electrons. The molecular formula is C17H26FNO. The second-order valence-electron chi connectivity index (χ2n) is 5.65. The van der Waals surface area contributed by atoms with E-state index < -0.39 is 0 Å². The van der Waals surface area contributed by atoms with E-state index in [4.69, 9.17) is 4.74 Å². The Morgan fingerprint density at radius 1 is 1.20 bits per heavy atom. The first kappa shape index (κ1) is 15.3. The number of benzene rings is 1. The number of para-hydroxylation sites is 1. The van der Waals surface area contributed by atoms with Gasteiger partial charge in [-0.25, -0.2) is 4.39 Å². The summed E-state index contributed by atoms with van der Waals surface area (Å²) in [6, 6.07) is 5.81. The number of ether oxygens (including phenoxy) is 1. The minimum atomic E-state index is -0.242. The van der Waals surface area contributed by atoms with Gasteiger partial charge in [0.15, 0.2) is 11.6 Å². The van der Waals surface area contributed by atoms with Crippen molar-refractivity contribution in [1.29, 1.82) is 0 Å². The molecule has 1 aliphatic carbocycles. The van der Waals surface area contributed by atoms with Crippen molar-refractivity contribution in [3.8, 4) is 5.75 Å². The number of rotatable bonds is 10. The van der Waals surface area contributed by atoms with Crippen molar-refractivity contribution in [1.82, 2.24) is 5.32 Å². The maximum absolute atomic E-state index is 13.9. The van der Waals surface area contributed by atoms with E-state index in [2.05, 4.69) is 12.2 Å². The number of hydrogen-bond acceptors (Lipinski definition) is 2. The van der Waals surface area contributed by atoms with Crippen LogP contribution < -0.4 is 10.1 Å². The van der Waals surface area contributed by atoms with Crippen LogP contribution in [0.2, 0.25) is 0 Å². The summed E-state index contributed by atoms with van der Waals surface area (Å²) in [5.74, 6) is 0.199. The Bertz CT molecular complexity index is 404. The summed E-state index contributed by atoms with van der Waals surface area (Å²) >= 11 is 0. The van der Waals surface area contributed by atoms with Gasteiger partial charge in [-0.3, -0.25) is 0 Å². The summed E-state index contributed by atoms with van der Waals surface area (Å²) in [7, 11) is 0. The van der Waals surface area contributed by atoms with Crippen molar-refractivity contribution in [2.75, 3.05) is 6.61 Å². The van der Waals surface area contributed by atoms with E-state index in [1.807, 2.05) is 6.07 Å². The van der Waals surface area contributed by atoms with Gasteiger partial charge in [0.2, 0.25) is 0 Å². The summed E-state index contributed by atoms with van der Waals surface area (Å²) in [4.78, 5) is 0. The van der Waals surface area contributed by atoms with Crippen LogP contribution >= 0.6 is 0 Å². The first-order valence-electron chi connectivity index (χ1n) is 7.95. The third kappa shape index (κ3) is 5.12. The molecule has 0 aliphatic heterocycles. The van der Waals surface area contributed by atoms with E-state index in [-0.39, 0.29) is 5.82 Å². The van der Waals surface area contributed by atoms with E-state index >= 15 is 0 Å². The zero-order valence-electron chi connectivity index (χ0n) is 12.5. The summed E-state index contributed by atoms with van der Waals surface area (Å²) in [6.45, 7) is 3.52. The van der Waals surface area contributed by atoms with E-state index in [1.54, 1.807) is 6.07 Å². The molecule has 1 fully saturated rings. The average molecular weight is 279 g/mol. The van der Waals surface area contributed by atoms with Crippen LogP contribution in [0.15, 0.2) is 18.2 Å². The molecule has 3 heteroatoms. The Morgan fingerprint density at radius 3 is 2.75 bits per heavy atom. The van der Waals surface area contributed by atoms with Crippen LogP contribution in [0.1, 0.15) is 57.4 Å². The lowest BCUT2D eigenvalue weighted by Crippen LogP contribution is -2.16. The quantitative estimate of drug-likeness (QED) is 0.640. The summed E-state index contributed by atoms with van der Waals surface area (Å²) in [5.41, 5.74) is 0.936. The average Bonchev–Trinajstić information content (AvgIpc) is 3.26. The molecule has 20 heavy (non-hydrogen) atoms. The van der Waals surface area contributed by atoms with Crippen LogP contribution in [0.5, 0.6) is 5.75 Å². The fourth-order valence-corrected chi connectivity index (χ4v) is 2.28. The number of unbranched alkanes of at least 4 members (excludes halogenated alkanes) is 4. The maximum atomic E-state index is 13.9. The molecule has 1 aromatic carbocycles. The minimum Gasteiger partial charge on any atom is -0.490 e. The van der Waals surface area contributed by atoms with Gasteiger partial charge in [0.1, 0.15) is 0 Å². The number of nitrogens with one attached hydrogen (secondary N) is 1. The van der Waals surface area contributed by atoms with E-state index in [0.717, 1.165) is 18.4 Å². The normalized spacial score (nSPS) is 14.5. The Kier molecular flexibility index (Phi) is 6.31. The Hall–Kier alpha value is -1.09. The fraction of sp³-hybridized carbons (Fsp3) is 0.647. The highest BCUT2D eigenvalue weighted by Crippen LogP contribution is 2.25. The van der Waals surface area contributed by atoms with Crippen molar-refractivity contribution in [3.63, 3.8) is 0 Å². The molecule has 1 saturated carbocycles. The molecule has 2 rings (SSSR count). The highest BCUT2D eigenvalue weighted by atomic mass is 19.1. The zero-order chi connectivity index (χ0) is 14.2. The summed E-state index contributed by atoms with van der Waals surface area (Å²) in [5, 5.41) is 3.41. The third-order valence-corrected chi connectivity index (χ3v) is 3.70. The van der Waals surface area contributed by atoms with Gasteiger partial charge in [-0.1, -0.05) is 44.7 Å². The van der Waals surface area contributed by atoms with Crippen LogP contribution in [0.4, 0.5) is 4.39 Å². The first-order chi connectivity index (χ1) is 9.81. The van der Waals surface area contributed by atoms with Gasteiger partial charge >= 0.3 is 0 Å². The Morgan fingerprint density at radius 2 is 2.00 bits per heavy atom. The van der Waals surface area contributed by atoms with Crippen LogP contribution in [-0.4, -0.2) is 12.6 Å². The molecule has 2 nitrogen and oxygen atoms in total. The van der Waals surface area contributed by atoms with Gasteiger partial charge in [-0.2, -0.15) is 0 Å². The van der Waals surface area contributed by atoms with E-state index in [0.29, 0.717) is 24.9 Å². The van der Waals surface area contributed by atoms with Crippen LogP contribution in [-0.2, 0) is 6.54 Å². The molecular weight excluding hydrogens is 253 g/mol. The molecule has 0 amide bonds. The SMILES string of the molecule is CCCCCCCOc1c(F)cccc1CNC1CC1. The molecule has 112 valence electrons. The molecule has 0 heterocycles. The molecule has 0 bridgehead atoms. The van der Waals surface area contributed by atoms with Gasteiger partial charge in [-0.15, -0.1) is 0 Å². The number of halogens is 1. The fourth-order valence-electron chi connectivity index (χ4n) is 2.28. The molecule has 0 atom stereocenters. The van der Waals surface area contributed by atoms with E-state index in [1.165, 1.54) is 38.2 Å². The van der Waals surface area contributed by atoms with Crippen LogP contribution in [0, 0.1) is 5.82 Å². The van der Waals surface area contributed by atoms with Crippen molar-refractivity contribution >= 4 is 0 Å². The standard InChI is InChI=1S/C17H26FNO/c1-2-3-4-5-6-12-20-17-14(8-7-9-16(17)18)13-19-15-10-11-15/h7-9,15,19H,2-6,10-13H2,1H3. The van der Waals surface area contributed by atoms with Crippen molar-refractivity contribution in [3.05, 3.63) is 29.6 Å². The topological polar surface area (TPSA) is 21.3 Å². The number of hydrogen-bond donors (Lipinski definition) is 1. The Balaban J connectivity index is 1.78. The predicted molar refractivity (Wildman–Crippen MR) is 80.5 cm³/mol. The van der Waals surface area contributed by atoms with Gasteiger partial charge in [0.05, 0.1) is 6.61 Å². The molecule has 1 N–H and O–H groups in total. The minimum absolute atomic E-state index is 0.242. The van der Waals surface area contributed by atoms with E-state index in [9.17, 15) is 4.39 Å². The molecule has 1 aromatic rings. The summed E-state index contributed by atoms with van der Waals surface area (Å²) in [6.07, 6.45) is 8.41. The molecule has 1 aliphatic rings. The molecule has 0 spiro atoms. The highest BCUT2D eigenvalue weighted by molar-refractivity contribution is 5.35. The van der Waals surface area contributed by atoms with Gasteiger partial charge < -0.3 is 10.1 Å². The van der Waals surface area contributed by atoms with Crippen molar-refractivity contribution < 1.29 is 9.13 Å². The molecule has 0 aromatic heterocycles. The second kappa shape index (κ2) is 8.25. The largest absolute Gasteiger partial charge is 0.490 e. The van der Waals surface area contributed by atoms with Gasteiger partial charge in [-0.05, 0) is 25.3 Å². The summed E-state index contributed by atoms with van der Waals surface area (Å²) < 4.78 is 19.6. The van der Waals surface area contributed by atoms with Crippen molar-refractivity contribution in [2.24, 2.45) is 0 Å². The smallest absolute Gasteiger partial charge is 0.165 e. The monoisotopic (exact) mass is 279 g/mol. The van der Waals surface area contributed by atoms with Crippen LogP contribution in [0.25, 0.3) is 0 Å². The third-order valence-electron chi connectivity index (χ3n) is 3.70. The molecule has 0 saturated heterocycles. The lowest BCUT2D eigenvalue weighted by Gasteiger charge is -2.13. The second-order valence-corrected chi connectivity index (χ2v) is 5.65. The highest BCUT2D eigenvalue weighted by Gasteiger charge is 2.21. The first-order valence-corrected chi connectivity index (χ1v) is 7.95. The lowest BCUT2D eigenvalue weighted by molar-refractivity contribution is 0.286. The maximum Gasteiger partial charge on any atom is 0.165 e. The van der Waals surface area contributed by atoms with Crippen LogP contribution in [0.3, 0.4) is 0 Å². The predicted octanol–water partition coefficient (Wildman–Crippen LogP) is 4.43. The van der Waals surface area contributed by atoms with Gasteiger partial charge in [0.25, 0.3) is 0 Å². The van der Waals surface area contributed by atoms with Crippen molar-refractivity contribution in [2.45, 2.75) is 64.5 Å². The molecule has 0 unspecified atom stereocenters. The van der Waals surface area contributed by atoms with Gasteiger partial charge in [0, 0.05) is 18.2 Å².